The zero-order chi connectivity index (χ0) is 9.26. The van der Waals surface area contributed by atoms with Crippen molar-refractivity contribution in [2.45, 2.75) is 12.5 Å². The largest absolute Gasteiger partial charge is 0.391 e. The molecule has 2 rings (SSSR count). The standard InChI is InChI=1S/C8H10ClN3O/c9-7-3-8(11-5-10-7)12-2-1-6(13)4-12/h3,5-6,13H,1-2,4H2/t6-/m1/s1. The van der Waals surface area contributed by atoms with Crippen molar-refractivity contribution in [2.75, 3.05) is 18.0 Å². The highest BCUT2D eigenvalue weighted by molar-refractivity contribution is 6.29. The van der Waals surface area contributed by atoms with Gasteiger partial charge in [-0.2, -0.15) is 0 Å². The Labute approximate surface area is 81.2 Å². The highest BCUT2D eigenvalue weighted by Gasteiger charge is 2.21. The number of aliphatic hydroxyl groups excluding tert-OH is 1. The molecule has 0 radical (unpaired) electrons. The average Bonchev–Trinajstić information content (AvgIpc) is 2.52. The van der Waals surface area contributed by atoms with E-state index >= 15 is 0 Å². The zero-order valence-corrected chi connectivity index (χ0v) is 7.78. The van der Waals surface area contributed by atoms with Crippen LogP contribution in [0.2, 0.25) is 5.15 Å². The van der Waals surface area contributed by atoms with Crippen LogP contribution in [0.15, 0.2) is 12.4 Å². The van der Waals surface area contributed by atoms with E-state index in [9.17, 15) is 5.11 Å². The molecule has 1 saturated heterocycles. The first kappa shape index (κ1) is 8.72. The van der Waals surface area contributed by atoms with Crippen LogP contribution in [-0.2, 0) is 0 Å². The second-order valence-electron chi connectivity index (χ2n) is 3.09. The van der Waals surface area contributed by atoms with Gasteiger partial charge in [0.1, 0.15) is 17.3 Å². The molecule has 0 saturated carbocycles. The molecule has 0 aromatic carbocycles. The molecular formula is C8H10ClN3O. The van der Waals surface area contributed by atoms with Crippen molar-refractivity contribution >= 4 is 17.4 Å². The molecule has 4 nitrogen and oxygen atoms in total. The average molecular weight is 200 g/mol. The molecular weight excluding hydrogens is 190 g/mol. The number of hydrogen-bond acceptors (Lipinski definition) is 4. The second kappa shape index (κ2) is 3.47. The third kappa shape index (κ3) is 1.89. The van der Waals surface area contributed by atoms with E-state index < -0.39 is 0 Å². The van der Waals surface area contributed by atoms with Crippen molar-refractivity contribution in [2.24, 2.45) is 0 Å². The quantitative estimate of drug-likeness (QED) is 0.677. The monoisotopic (exact) mass is 199 g/mol. The van der Waals surface area contributed by atoms with Crippen LogP contribution in [0.1, 0.15) is 6.42 Å². The Kier molecular flexibility index (Phi) is 2.33. The summed E-state index contributed by atoms with van der Waals surface area (Å²) in [6.07, 6.45) is 1.98. The van der Waals surface area contributed by atoms with E-state index in [0.717, 1.165) is 18.8 Å². The molecule has 70 valence electrons. The third-order valence-electron chi connectivity index (χ3n) is 2.11. The SMILES string of the molecule is O[C@@H]1CCN(c2cc(Cl)ncn2)C1. The molecule has 1 fully saturated rings. The predicted molar refractivity (Wildman–Crippen MR) is 49.9 cm³/mol. The van der Waals surface area contributed by atoms with Crippen LogP contribution in [-0.4, -0.2) is 34.3 Å². The Hall–Kier alpha value is -0.870. The van der Waals surface area contributed by atoms with Crippen molar-refractivity contribution in [3.8, 4) is 0 Å². The lowest BCUT2D eigenvalue weighted by atomic mass is 10.3. The van der Waals surface area contributed by atoms with E-state index in [1.165, 1.54) is 6.33 Å². The normalized spacial score (nSPS) is 22.3. The molecule has 1 aromatic rings. The third-order valence-corrected chi connectivity index (χ3v) is 2.31. The number of aromatic nitrogens is 2. The molecule has 1 aromatic heterocycles. The molecule has 0 bridgehead atoms. The highest BCUT2D eigenvalue weighted by atomic mass is 35.5. The summed E-state index contributed by atoms with van der Waals surface area (Å²) in [4.78, 5) is 9.87. The van der Waals surface area contributed by atoms with Crippen LogP contribution in [0.5, 0.6) is 0 Å². The molecule has 0 spiro atoms. The van der Waals surface area contributed by atoms with Crippen molar-refractivity contribution in [3.63, 3.8) is 0 Å². The van der Waals surface area contributed by atoms with Gasteiger partial charge in [-0.1, -0.05) is 11.6 Å². The second-order valence-corrected chi connectivity index (χ2v) is 3.47. The summed E-state index contributed by atoms with van der Waals surface area (Å²) in [5.41, 5.74) is 0. The van der Waals surface area contributed by atoms with Crippen molar-refractivity contribution in [1.29, 1.82) is 0 Å². The Morgan fingerprint density at radius 1 is 1.54 bits per heavy atom. The lowest BCUT2D eigenvalue weighted by Crippen LogP contribution is -2.22. The first-order chi connectivity index (χ1) is 6.25. The lowest BCUT2D eigenvalue weighted by Gasteiger charge is -2.15. The van der Waals surface area contributed by atoms with Crippen LogP contribution >= 0.6 is 11.6 Å². The molecule has 2 heterocycles. The Balaban J connectivity index is 2.16. The topological polar surface area (TPSA) is 49.2 Å². The van der Waals surface area contributed by atoms with Gasteiger partial charge in [0.2, 0.25) is 0 Å². The molecule has 5 heteroatoms. The molecule has 0 aliphatic carbocycles. The number of β-amino-alcohol motifs (C(OH)–C–C–N with tert-alkyl or cyclic N) is 1. The van der Waals surface area contributed by atoms with Gasteiger partial charge in [-0.15, -0.1) is 0 Å². The maximum absolute atomic E-state index is 9.31. The van der Waals surface area contributed by atoms with Gasteiger partial charge in [-0.3, -0.25) is 0 Å². The molecule has 13 heavy (non-hydrogen) atoms. The fraction of sp³-hybridized carbons (Fsp3) is 0.500. The Morgan fingerprint density at radius 3 is 3.00 bits per heavy atom. The van der Waals surface area contributed by atoms with E-state index in [-0.39, 0.29) is 6.10 Å². The van der Waals surface area contributed by atoms with E-state index in [1.54, 1.807) is 6.07 Å². The highest BCUT2D eigenvalue weighted by Crippen LogP contribution is 2.19. The van der Waals surface area contributed by atoms with Gasteiger partial charge in [0.15, 0.2) is 0 Å². The number of halogens is 1. The van der Waals surface area contributed by atoms with Gasteiger partial charge in [-0.05, 0) is 6.42 Å². The van der Waals surface area contributed by atoms with Gasteiger partial charge < -0.3 is 10.0 Å². The minimum atomic E-state index is -0.242. The van der Waals surface area contributed by atoms with Crippen LogP contribution in [0.3, 0.4) is 0 Å². The summed E-state index contributed by atoms with van der Waals surface area (Å²) in [5.74, 6) is 0.788. The van der Waals surface area contributed by atoms with Gasteiger partial charge in [0.05, 0.1) is 6.10 Å². The zero-order valence-electron chi connectivity index (χ0n) is 7.02. The van der Waals surface area contributed by atoms with Crippen LogP contribution in [0.25, 0.3) is 0 Å². The Bertz CT molecular complexity index is 307. The smallest absolute Gasteiger partial charge is 0.134 e. The fourth-order valence-corrected chi connectivity index (χ4v) is 1.59. The van der Waals surface area contributed by atoms with Crippen molar-refractivity contribution in [3.05, 3.63) is 17.5 Å². The van der Waals surface area contributed by atoms with Gasteiger partial charge in [0, 0.05) is 19.2 Å². The molecule has 1 aliphatic heterocycles. The summed E-state index contributed by atoms with van der Waals surface area (Å²) in [6.45, 7) is 1.46. The molecule has 1 atom stereocenters. The minimum absolute atomic E-state index is 0.242. The maximum Gasteiger partial charge on any atom is 0.134 e. The summed E-state index contributed by atoms with van der Waals surface area (Å²) in [6, 6.07) is 1.71. The predicted octanol–water partition coefficient (Wildman–Crippen LogP) is 0.701. The molecule has 0 unspecified atom stereocenters. The summed E-state index contributed by atoms with van der Waals surface area (Å²) in [5, 5.41) is 9.75. The van der Waals surface area contributed by atoms with Crippen molar-refractivity contribution < 1.29 is 5.11 Å². The Morgan fingerprint density at radius 2 is 2.38 bits per heavy atom. The van der Waals surface area contributed by atoms with Crippen molar-refractivity contribution in [1.82, 2.24) is 9.97 Å². The molecule has 1 aliphatic rings. The van der Waals surface area contributed by atoms with Crippen LogP contribution in [0.4, 0.5) is 5.82 Å². The number of nitrogens with zero attached hydrogens (tertiary/aromatic N) is 3. The number of aliphatic hydroxyl groups is 1. The van der Waals surface area contributed by atoms with Gasteiger partial charge in [0.25, 0.3) is 0 Å². The van der Waals surface area contributed by atoms with E-state index in [4.69, 9.17) is 11.6 Å². The lowest BCUT2D eigenvalue weighted by molar-refractivity contribution is 0.198. The van der Waals surface area contributed by atoms with E-state index in [0.29, 0.717) is 11.7 Å². The minimum Gasteiger partial charge on any atom is -0.391 e. The van der Waals surface area contributed by atoms with E-state index in [2.05, 4.69) is 9.97 Å². The molecule has 0 amide bonds. The summed E-state index contributed by atoms with van der Waals surface area (Å²) < 4.78 is 0. The fourth-order valence-electron chi connectivity index (χ4n) is 1.45. The van der Waals surface area contributed by atoms with Gasteiger partial charge in [-0.25, -0.2) is 9.97 Å². The molecule has 1 N–H and O–H groups in total. The number of rotatable bonds is 1. The van der Waals surface area contributed by atoms with Crippen LogP contribution in [0, 0.1) is 0 Å². The number of anilines is 1. The van der Waals surface area contributed by atoms with Crippen LogP contribution < -0.4 is 4.90 Å². The summed E-state index contributed by atoms with van der Waals surface area (Å²) in [7, 11) is 0. The first-order valence-corrected chi connectivity index (χ1v) is 4.54. The maximum atomic E-state index is 9.31. The van der Waals surface area contributed by atoms with Gasteiger partial charge >= 0.3 is 0 Å². The first-order valence-electron chi connectivity index (χ1n) is 4.16. The van der Waals surface area contributed by atoms with E-state index in [1.807, 2.05) is 4.90 Å². The number of hydrogen-bond donors (Lipinski definition) is 1. The summed E-state index contributed by atoms with van der Waals surface area (Å²) >= 11 is 5.72.